The van der Waals surface area contributed by atoms with E-state index >= 15 is 0 Å². The normalized spacial score (nSPS) is 9.50. The molecule has 0 heterocycles. The standard InChI is InChI=1S/C9H17S/c1-4-7-10-8-5-6-9(2)3/h6-7H,4-5,8H2,1-3H3. The summed E-state index contributed by atoms with van der Waals surface area (Å²) in [5.41, 5.74) is 1.43. The summed E-state index contributed by atoms with van der Waals surface area (Å²) in [6.07, 6.45) is 4.68. The molecule has 0 bridgehead atoms. The second-order valence-corrected chi connectivity index (χ2v) is 3.59. The van der Waals surface area contributed by atoms with Crippen molar-refractivity contribution in [2.75, 3.05) is 5.75 Å². The van der Waals surface area contributed by atoms with Crippen LogP contribution in [0.15, 0.2) is 11.6 Å². The van der Waals surface area contributed by atoms with Crippen molar-refractivity contribution in [3.05, 3.63) is 17.4 Å². The molecule has 1 radical (unpaired) electrons. The Kier molecular flexibility index (Phi) is 7.26. The molecule has 1 heteroatoms. The highest BCUT2D eigenvalue weighted by atomic mass is 32.2. The van der Waals surface area contributed by atoms with E-state index in [0.29, 0.717) is 0 Å². The summed E-state index contributed by atoms with van der Waals surface area (Å²) >= 11 is 1.93. The zero-order valence-corrected chi connectivity index (χ0v) is 8.00. The third-order valence-corrected chi connectivity index (χ3v) is 2.11. The minimum Gasteiger partial charge on any atom is -0.157 e. The molecule has 0 aromatic rings. The lowest BCUT2D eigenvalue weighted by molar-refractivity contribution is 1.17. The smallest absolute Gasteiger partial charge is 0.0163 e. The molecule has 0 unspecified atom stereocenters. The number of rotatable bonds is 5. The maximum atomic E-state index is 2.29. The van der Waals surface area contributed by atoms with Crippen LogP contribution >= 0.6 is 11.8 Å². The van der Waals surface area contributed by atoms with Gasteiger partial charge in [-0.15, -0.1) is 0 Å². The van der Waals surface area contributed by atoms with Crippen molar-refractivity contribution in [2.45, 2.75) is 33.6 Å². The van der Waals surface area contributed by atoms with E-state index in [2.05, 4.69) is 32.6 Å². The van der Waals surface area contributed by atoms with Crippen LogP contribution in [0, 0.1) is 5.75 Å². The van der Waals surface area contributed by atoms with Crippen molar-refractivity contribution >= 4 is 11.8 Å². The molecule has 0 aromatic carbocycles. The minimum atomic E-state index is 1.18. The fourth-order valence-electron chi connectivity index (χ4n) is 0.617. The molecule has 59 valence electrons. The SMILES string of the molecule is CC[CH]SCCC=C(C)C. The van der Waals surface area contributed by atoms with Gasteiger partial charge < -0.3 is 0 Å². The highest BCUT2D eigenvalue weighted by Crippen LogP contribution is 2.09. The van der Waals surface area contributed by atoms with E-state index in [1.807, 2.05) is 11.8 Å². The maximum Gasteiger partial charge on any atom is 0.0163 e. The lowest BCUT2D eigenvalue weighted by Gasteiger charge is -1.94. The fraction of sp³-hybridized carbons (Fsp3) is 0.667. The largest absolute Gasteiger partial charge is 0.157 e. The van der Waals surface area contributed by atoms with E-state index in [1.165, 1.54) is 24.2 Å². The van der Waals surface area contributed by atoms with Crippen molar-refractivity contribution in [3.63, 3.8) is 0 Å². The number of allylic oxidation sites excluding steroid dienone is 2. The van der Waals surface area contributed by atoms with E-state index in [9.17, 15) is 0 Å². The first-order chi connectivity index (χ1) is 4.77. The summed E-state index contributed by atoms with van der Waals surface area (Å²) in [6.45, 7) is 6.47. The Labute approximate surface area is 69.1 Å². The predicted molar refractivity (Wildman–Crippen MR) is 51.1 cm³/mol. The van der Waals surface area contributed by atoms with Gasteiger partial charge in [0.25, 0.3) is 0 Å². The average molecular weight is 157 g/mol. The Hall–Kier alpha value is 0.0900. The van der Waals surface area contributed by atoms with Crippen LogP contribution in [-0.4, -0.2) is 5.75 Å². The molecule has 10 heavy (non-hydrogen) atoms. The summed E-state index contributed by atoms with van der Waals surface area (Å²) < 4.78 is 0. The summed E-state index contributed by atoms with van der Waals surface area (Å²) in [5.74, 6) is 3.50. The van der Waals surface area contributed by atoms with Crippen LogP contribution in [-0.2, 0) is 0 Å². The molecule has 0 saturated carbocycles. The third-order valence-electron chi connectivity index (χ3n) is 1.07. The molecule has 0 saturated heterocycles. The molecule has 0 spiro atoms. The molecule has 0 aromatic heterocycles. The monoisotopic (exact) mass is 157 g/mol. The third kappa shape index (κ3) is 8.09. The van der Waals surface area contributed by atoms with Gasteiger partial charge in [0.15, 0.2) is 0 Å². The Morgan fingerprint density at radius 3 is 2.60 bits per heavy atom. The van der Waals surface area contributed by atoms with Gasteiger partial charge in [-0.25, -0.2) is 0 Å². The van der Waals surface area contributed by atoms with Gasteiger partial charge in [0.05, 0.1) is 0 Å². The van der Waals surface area contributed by atoms with Crippen LogP contribution in [0.25, 0.3) is 0 Å². The van der Waals surface area contributed by atoms with Crippen LogP contribution in [0.5, 0.6) is 0 Å². The predicted octanol–water partition coefficient (Wildman–Crippen LogP) is 3.65. The van der Waals surface area contributed by atoms with Crippen LogP contribution in [0.3, 0.4) is 0 Å². The van der Waals surface area contributed by atoms with Gasteiger partial charge in [-0.3, -0.25) is 0 Å². The van der Waals surface area contributed by atoms with Crippen molar-refractivity contribution in [1.82, 2.24) is 0 Å². The summed E-state index contributed by atoms with van der Waals surface area (Å²) in [4.78, 5) is 0. The second-order valence-electron chi connectivity index (χ2n) is 2.52. The number of hydrogen-bond donors (Lipinski definition) is 0. The first kappa shape index (κ1) is 10.1. The molecule has 0 rings (SSSR count). The summed E-state index contributed by atoms with van der Waals surface area (Å²) in [6, 6.07) is 0. The van der Waals surface area contributed by atoms with Gasteiger partial charge in [0.1, 0.15) is 0 Å². The topological polar surface area (TPSA) is 0 Å². The molecule has 0 aliphatic carbocycles. The van der Waals surface area contributed by atoms with E-state index in [1.54, 1.807) is 0 Å². The van der Waals surface area contributed by atoms with E-state index in [-0.39, 0.29) is 0 Å². The molecule has 0 N–H and O–H groups in total. The molecule has 0 atom stereocenters. The Morgan fingerprint density at radius 1 is 1.40 bits per heavy atom. The van der Waals surface area contributed by atoms with Crippen LogP contribution in [0.2, 0.25) is 0 Å². The first-order valence-electron chi connectivity index (χ1n) is 3.84. The van der Waals surface area contributed by atoms with Gasteiger partial charge in [0, 0.05) is 5.75 Å². The Bertz CT molecular complexity index is 90.9. The van der Waals surface area contributed by atoms with Crippen LogP contribution in [0.1, 0.15) is 33.6 Å². The van der Waals surface area contributed by atoms with E-state index < -0.39 is 0 Å². The molecule has 0 amide bonds. The molecule has 0 aliphatic rings. The van der Waals surface area contributed by atoms with Crippen molar-refractivity contribution in [3.8, 4) is 0 Å². The van der Waals surface area contributed by atoms with Gasteiger partial charge in [-0.05, 0) is 32.4 Å². The molecule has 0 fully saturated rings. The minimum absolute atomic E-state index is 1.18. The lowest BCUT2D eigenvalue weighted by atomic mass is 10.3. The van der Waals surface area contributed by atoms with E-state index in [0.717, 1.165) is 0 Å². The molecular weight excluding hydrogens is 140 g/mol. The number of thioether (sulfide) groups is 1. The maximum absolute atomic E-state index is 2.29. The van der Waals surface area contributed by atoms with Crippen LogP contribution in [0.4, 0.5) is 0 Å². The molecular formula is C9H17S. The Morgan fingerprint density at radius 2 is 2.10 bits per heavy atom. The number of hydrogen-bond acceptors (Lipinski definition) is 1. The highest BCUT2D eigenvalue weighted by molar-refractivity contribution is 8.01. The summed E-state index contributed by atoms with van der Waals surface area (Å²) in [7, 11) is 0. The van der Waals surface area contributed by atoms with Crippen LogP contribution < -0.4 is 0 Å². The van der Waals surface area contributed by atoms with Gasteiger partial charge in [0.2, 0.25) is 0 Å². The average Bonchev–Trinajstić information content (AvgIpc) is 1.87. The summed E-state index contributed by atoms with van der Waals surface area (Å²) in [5, 5.41) is 0. The van der Waals surface area contributed by atoms with Gasteiger partial charge in [-0.2, -0.15) is 11.8 Å². The van der Waals surface area contributed by atoms with Gasteiger partial charge in [-0.1, -0.05) is 18.6 Å². The quantitative estimate of drug-likeness (QED) is 0.433. The van der Waals surface area contributed by atoms with Crippen molar-refractivity contribution in [2.24, 2.45) is 0 Å². The first-order valence-corrected chi connectivity index (χ1v) is 4.89. The lowest BCUT2D eigenvalue weighted by Crippen LogP contribution is -1.75. The van der Waals surface area contributed by atoms with Crippen molar-refractivity contribution in [1.29, 1.82) is 0 Å². The molecule has 0 aliphatic heterocycles. The highest BCUT2D eigenvalue weighted by Gasteiger charge is 1.84. The van der Waals surface area contributed by atoms with Gasteiger partial charge >= 0.3 is 0 Å². The zero-order chi connectivity index (χ0) is 7.82. The molecule has 0 nitrogen and oxygen atoms in total. The second kappa shape index (κ2) is 7.20. The zero-order valence-electron chi connectivity index (χ0n) is 7.18. The Balaban J connectivity index is 2.98. The van der Waals surface area contributed by atoms with Crippen molar-refractivity contribution < 1.29 is 0 Å². The fourth-order valence-corrected chi connectivity index (χ4v) is 1.27. The van der Waals surface area contributed by atoms with E-state index in [4.69, 9.17) is 0 Å².